The van der Waals surface area contributed by atoms with Crippen molar-refractivity contribution >= 4 is 0 Å². The minimum atomic E-state index is -0.0788. The zero-order chi connectivity index (χ0) is 10.9. The maximum atomic E-state index is 9.26. The average molecular weight is 189 g/mol. The minimum Gasteiger partial charge on any atom is -0.391 e. The van der Waals surface area contributed by atoms with Crippen molar-refractivity contribution in [1.29, 1.82) is 0 Å². The van der Waals surface area contributed by atoms with Gasteiger partial charge in [-0.05, 0) is 12.5 Å². The zero-order valence-electron chi connectivity index (χ0n) is 10.2. The zero-order valence-corrected chi connectivity index (χ0v) is 10.2. The normalized spacial score (nSPS) is 27.0. The lowest BCUT2D eigenvalue weighted by Crippen LogP contribution is -2.21. The molecule has 2 unspecified atom stereocenters. The summed E-state index contributed by atoms with van der Waals surface area (Å²) < 4.78 is 0. The summed E-state index contributed by atoms with van der Waals surface area (Å²) in [6.45, 7) is 15.2. The van der Waals surface area contributed by atoms with Gasteiger partial charge in [-0.1, -0.05) is 41.5 Å². The van der Waals surface area contributed by atoms with E-state index in [4.69, 9.17) is 0 Å². The first-order chi connectivity index (χ1) is 6.24. The van der Waals surface area contributed by atoms with Crippen LogP contribution in [0.5, 0.6) is 0 Å². The van der Waals surface area contributed by atoms with Gasteiger partial charge in [0.2, 0.25) is 0 Å². The van der Waals surface area contributed by atoms with Crippen molar-refractivity contribution in [2.45, 2.75) is 47.6 Å². The molecule has 1 aliphatic rings. The summed E-state index contributed by atoms with van der Waals surface area (Å²) in [5.74, 6) is 0.477. The number of aliphatic hydroxyl groups is 1. The molecule has 0 aromatic carbocycles. The van der Waals surface area contributed by atoms with Gasteiger partial charge in [0.05, 0.1) is 6.10 Å². The second-order valence-corrected chi connectivity index (χ2v) is 2.90. The lowest BCUT2D eigenvalue weighted by molar-refractivity contribution is 0.149. The molecule has 1 saturated heterocycles. The predicted octanol–water partition coefficient (Wildman–Crippen LogP) is 2.37. The average Bonchev–Trinajstić information content (AvgIpc) is 2.53. The topological polar surface area (TPSA) is 23.5 Å². The molecule has 1 N–H and O–H groups in total. The van der Waals surface area contributed by atoms with Crippen LogP contribution in [-0.2, 0) is 0 Å². The van der Waals surface area contributed by atoms with Crippen LogP contribution in [0.1, 0.15) is 41.5 Å². The number of β-amino-alcohol motifs (C(OH)–C–C–N with tert-alkyl or cyclic N) is 1. The molecule has 0 aromatic rings. The van der Waals surface area contributed by atoms with Gasteiger partial charge in [0.1, 0.15) is 0 Å². The molecule has 1 heterocycles. The van der Waals surface area contributed by atoms with Crippen LogP contribution >= 0.6 is 0 Å². The van der Waals surface area contributed by atoms with Gasteiger partial charge in [-0.25, -0.2) is 0 Å². The summed E-state index contributed by atoms with van der Waals surface area (Å²) in [6, 6.07) is 0. The third-order valence-corrected chi connectivity index (χ3v) is 2.10. The molecule has 1 aliphatic heterocycles. The van der Waals surface area contributed by atoms with Gasteiger partial charge in [-0.15, -0.1) is 0 Å². The van der Waals surface area contributed by atoms with E-state index < -0.39 is 0 Å². The van der Waals surface area contributed by atoms with Crippen molar-refractivity contribution in [3.63, 3.8) is 0 Å². The molecular formula is C11H27NO. The van der Waals surface area contributed by atoms with Gasteiger partial charge >= 0.3 is 0 Å². The van der Waals surface area contributed by atoms with E-state index in [1.54, 1.807) is 0 Å². The van der Waals surface area contributed by atoms with Crippen LogP contribution in [0.25, 0.3) is 0 Å². The van der Waals surface area contributed by atoms with Crippen molar-refractivity contribution in [1.82, 2.24) is 4.90 Å². The van der Waals surface area contributed by atoms with Gasteiger partial charge in [-0.2, -0.15) is 0 Å². The molecule has 0 spiro atoms. The summed E-state index contributed by atoms with van der Waals surface area (Å²) in [5.41, 5.74) is 0. The molecule has 2 heteroatoms. The second kappa shape index (κ2) is 10.0. The van der Waals surface area contributed by atoms with Gasteiger partial charge in [0.25, 0.3) is 0 Å². The van der Waals surface area contributed by atoms with Crippen molar-refractivity contribution < 1.29 is 5.11 Å². The molecule has 82 valence electrons. The second-order valence-electron chi connectivity index (χ2n) is 2.90. The molecule has 0 radical (unpaired) electrons. The Kier molecular flexibility index (Phi) is 11.8. The Hall–Kier alpha value is -0.0800. The monoisotopic (exact) mass is 189 g/mol. The molecule has 0 amide bonds. The highest BCUT2D eigenvalue weighted by Crippen LogP contribution is 2.14. The predicted molar refractivity (Wildman–Crippen MR) is 60.0 cm³/mol. The third kappa shape index (κ3) is 6.05. The van der Waals surface area contributed by atoms with Crippen molar-refractivity contribution in [2.24, 2.45) is 5.92 Å². The number of nitrogens with zero attached hydrogens (tertiary/aromatic N) is 1. The van der Waals surface area contributed by atoms with E-state index in [1.165, 1.54) is 0 Å². The van der Waals surface area contributed by atoms with Gasteiger partial charge in [0, 0.05) is 13.1 Å². The van der Waals surface area contributed by atoms with Crippen molar-refractivity contribution in [2.75, 3.05) is 19.6 Å². The van der Waals surface area contributed by atoms with E-state index in [9.17, 15) is 5.11 Å². The Balaban J connectivity index is 0. The standard InChI is InChI=1S/C7H15NO.2C2H6/c1-3-8-4-6(2)7(9)5-8;2*1-2/h6-7,9H,3-5H2,1-2H3;2*1-2H3. The van der Waals surface area contributed by atoms with Crippen LogP contribution in [0.15, 0.2) is 0 Å². The molecule has 2 nitrogen and oxygen atoms in total. The lowest BCUT2D eigenvalue weighted by atomic mass is 10.1. The van der Waals surface area contributed by atoms with E-state index in [0.29, 0.717) is 5.92 Å². The summed E-state index contributed by atoms with van der Waals surface area (Å²) in [7, 11) is 0. The van der Waals surface area contributed by atoms with E-state index in [1.807, 2.05) is 27.7 Å². The quantitative estimate of drug-likeness (QED) is 0.684. The SMILES string of the molecule is CC.CC.CCN1CC(C)C(O)C1. The smallest absolute Gasteiger partial charge is 0.0704 e. The molecule has 0 aromatic heterocycles. The highest BCUT2D eigenvalue weighted by atomic mass is 16.3. The Morgan fingerprint density at radius 3 is 1.77 bits per heavy atom. The fourth-order valence-corrected chi connectivity index (χ4v) is 1.31. The van der Waals surface area contributed by atoms with Crippen LogP contribution in [0.2, 0.25) is 0 Å². The van der Waals surface area contributed by atoms with E-state index in [-0.39, 0.29) is 6.10 Å². The van der Waals surface area contributed by atoms with Gasteiger partial charge in [0.15, 0.2) is 0 Å². The number of likely N-dealkylation sites (tertiary alicyclic amines) is 1. The number of likely N-dealkylation sites (N-methyl/N-ethyl adjacent to an activating group) is 1. The Labute approximate surface area is 83.9 Å². The number of aliphatic hydroxyl groups excluding tert-OH is 1. The highest BCUT2D eigenvalue weighted by molar-refractivity contribution is 4.79. The summed E-state index contributed by atoms with van der Waals surface area (Å²) >= 11 is 0. The van der Waals surface area contributed by atoms with E-state index in [2.05, 4.69) is 18.7 Å². The van der Waals surface area contributed by atoms with Crippen LogP contribution in [0, 0.1) is 5.92 Å². The van der Waals surface area contributed by atoms with Crippen LogP contribution in [0.3, 0.4) is 0 Å². The highest BCUT2D eigenvalue weighted by Gasteiger charge is 2.25. The minimum absolute atomic E-state index is 0.0788. The summed E-state index contributed by atoms with van der Waals surface area (Å²) in [5, 5.41) is 9.26. The first-order valence-electron chi connectivity index (χ1n) is 5.64. The lowest BCUT2D eigenvalue weighted by Gasteiger charge is -2.09. The Morgan fingerprint density at radius 2 is 1.62 bits per heavy atom. The maximum absolute atomic E-state index is 9.26. The maximum Gasteiger partial charge on any atom is 0.0704 e. The van der Waals surface area contributed by atoms with Crippen LogP contribution < -0.4 is 0 Å². The molecule has 1 fully saturated rings. The summed E-state index contributed by atoms with van der Waals surface area (Å²) in [6.07, 6.45) is -0.0788. The van der Waals surface area contributed by atoms with Crippen LogP contribution in [0.4, 0.5) is 0 Å². The summed E-state index contributed by atoms with van der Waals surface area (Å²) in [4.78, 5) is 2.27. The fourth-order valence-electron chi connectivity index (χ4n) is 1.31. The van der Waals surface area contributed by atoms with Crippen LogP contribution in [-0.4, -0.2) is 35.7 Å². The molecular weight excluding hydrogens is 162 g/mol. The van der Waals surface area contributed by atoms with Gasteiger partial charge in [-0.3, -0.25) is 0 Å². The number of hydrogen-bond acceptors (Lipinski definition) is 2. The molecule has 1 rings (SSSR count). The van der Waals surface area contributed by atoms with Crippen molar-refractivity contribution in [3.05, 3.63) is 0 Å². The van der Waals surface area contributed by atoms with Gasteiger partial charge < -0.3 is 10.0 Å². The van der Waals surface area contributed by atoms with E-state index >= 15 is 0 Å². The fraction of sp³-hybridized carbons (Fsp3) is 1.00. The van der Waals surface area contributed by atoms with E-state index in [0.717, 1.165) is 19.6 Å². The largest absolute Gasteiger partial charge is 0.391 e. The first kappa shape index (κ1) is 15.4. The number of hydrogen-bond donors (Lipinski definition) is 1. The first-order valence-corrected chi connectivity index (χ1v) is 5.64. The molecule has 2 atom stereocenters. The molecule has 0 bridgehead atoms. The Bertz CT molecular complexity index is 86.1. The third-order valence-electron chi connectivity index (χ3n) is 2.10. The molecule has 0 aliphatic carbocycles. The number of rotatable bonds is 1. The molecule has 13 heavy (non-hydrogen) atoms. The molecule has 0 saturated carbocycles. The Morgan fingerprint density at radius 1 is 1.15 bits per heavy atom. The van der Waals surface area contributed by atoms with Crippen molar-refractivity contribution in [3.8, 4) is 0 Å².